The molecular formula is C10H17N. The molecule has 0 fully saturated rings. The lowest BCUT2D eigenvalue weighted by molar-refractivity contribution is 0.685. The molecule has 0 atom stereocenters. The van der Waals surface area contributed by atoms with Gasteiger partial charge in [0, 0.05) is 11.9 Å². The van der Waals surface area contributed by atoms with Crippen molar-refractivity contribution >= 4 is 5.71 Å². The van der Waals surface area contributed by atoms with Crippen LogP contribution in [0, 0.1) is 5.92 Å². The molecule has 0 bridgehead atoms. The molecule has 0 heterocycles. The second-order valence-electron chi connectivity index (χ2n) is 2.90. The number of allylic oxidation sites excluding steroid dienone is 2. The summed E-state index contributed by atoms with van der Waals surface area (Å²) in [6.45, 7) is 10.0. The minimum absolute atomic E-state index is 0.650. The van der Waals surface area contributed by atoms with E-state index in [0.717, 1.165) is 12.1 Å². The summed E-state index contributed by atoms with van der Waals surface area (Å²) in [5.74, 6) is 0.650. The summed E-state index contributed by atoms with van der Waals surface area (Å²) >= 11 is 0. The Balaban J connectivity index is 4.04. The van der Waals surface area contributed by atoms with Crippen LogP contribution in [0.15, 0.2) is 29.9 Å². The number of nitrogens with zero attached hydrogens (tertiary/aromatic N) is 1. The van der Waals surface area contributed by atoms with Crippen LogP contribution in [0.4, 0.5) is 0 Å². The molecule has 0 aliphatic carbocycles. The van der Waals surface area contributed by atoms with Crippen LogP contribution in [0.5, 0.6) is 0 Å². The zero-order valence-electron chi connectivity index (χ0n) is 7.67. The number of hydrogen-bond donors (Lipinski definition) is 0. The van der Waals surface area contributed by atoms with Crippen molar-refractivity contribution in [2.75, 3.05) is 0 Å². The Morgan fingerprint density at radius 2 is 2.18 bits per heavy atom. The molecule has 0 aromatic carbocycles. The average Bonchev–Trinajstić information content (AvgIpc) is 1.97. The third-order valence-electron chi connectivity index (χ3n) is 1.24. The van der Waals surface area contributed by atoms with E-state index in [1.165, 1.54) is 0 Å². The minimum Gasteiger partial charge on any atom is -0.262 e. The van der Waals surface area contributed by atoms with Crippen molar-refractivity contribution in [1.29, 1.82) is 0 Å². The Kier molecular flexibility index (Phi) is 5.44. The van der Waals surface area contributed by atoms with Crippen molar-refractivity contribution in [3.8, 4) is 0 Å². The molecule has 0 radical (unpaired) electrons. The average molecular weight is 151 g/mol. The van der Waals surface area contributed by atoms with Gasteiger partial charge in [-0.25, -0.2) is 0 Å². The summed E-state index contributed by atoms with van der Waals surface area (Å²) in [5.41, 5.74) is 1.07. The van der Waals surface area contributed by atoms with Gasteiger partial charge < -0.3 is 0 Å². The zero-order chi connectivity index (χ0) is 8.69. The van der Waals surface area contributed by atoms with E-state index in [4.69, 9.17) is 0 Å². The molecule has 0 aliphatic heterocycles. The van der Waals surface area contributed by atoms with Gasteiger partial charge in [0.15, 0.2) is 0 Å². The number of aliphatic imine (C=N–C) groups is 1. The predicted molar refractivity (Wildman–Crippen MR) is 51.9 cm³/mol. The molecule has 1 heteroatoms. The van der Waals surface area contributed by atoms with Crippen LogP contribution in [0.2, 0.25) is 0 Å². The Labute approximate surface area is 69.5 Å². The van der Waals surface area contributed by atoms with Gasteiger partial charge in [0.05, 0.1) is 0 Å². The maximum Gasteiger partial charge on any atom is 0.0400 e. The highest BCUT2D eigenvalue weighted by molar-refractivity contribution is 5.94. The lowest BCUT2D eigenvalue weighted by atomic mass is 10.1. The lowest BCUT2D eigenvalue weighted by Crippen LogP contribution is -1.98. The van der Waals surface area contributed by atoms with Crippen molar-refractivity contribution in [1.82, 2.24) is 0 Å². The molecule has 0 N–H and O–H groups in total. The van der Waals surface area contributed by atoms with E-state index in [2.05, 4.69) is 25.4 Å². The van der Waals surface area contributed by atoms with Gasteiger partial charge in [-0.3, -0.25) is 4.99 Å². The third kappa shape index (κ3) is 5.59. The summed E-state index contributed by atoms with van der Waals surface area (Å²) < 4.78 is 0. The molecule has 0 rings (SSSR count). The first-order valence-corrected chi connectivity index (χ1v) is 4.01. The van der Waals surface area contributed by atoms with Crippen molar-refractivity contribution < 1.29 is 0 Å². The molecule has 1 nitrogen and oxygen atoms in total. The highest BCUT2D eigenvalue weighted by atomic mass is 14.7. The largest absolute Gasteiger partial charge is 0.262 e. The monoisotopic (exact) mass is 151 g/mol. The van der Waals surface area contributed by atoms with E-state index >= 15 is 0 Å². The molecule has 0 aromatic heterocycles. The van der Waals surface area contributed by atoms with Crippen molar-refractivity contribution in [3.05, 3.63) is 24.9 Å². The normalized spacial score (nSPS) is 12.9. The topological polar surface area (TPSA) is 12.4 Å². The third-order valence-corrected chi connectivity index (χ3v) is 1.24. The van der Waals surface area contributed by atoms with Gasteiger partial charge in [-0.15, -0.1) is 0 Å². The van der Waals surface area contributed by atoms with Crippen molar-refractivity contribution in [2.24, 2.45) is 10.9 Å². The van der Waals surface area contributed by atoms with Gasteiger partial charge in [-0.1, -0.05) is 26.5 Å². The summed E-state index contributed by atoms with van der Waals surface area (Å²) in [6.07, 6.45) is 6.55. The van der Waals surface area contributed by atoms with Crippen molar-refractivity contribution in [3.63, 3.8) is 0 Å². The van der Waals surface area contributed by atoms with Gasteiger partial charge in [-0.2, -0.15) is 0 Å². The highest BCUT2D eigenvalue weighted by Crippen LogP contribution is 2.02. The molecule has 0 amide bonds. The van der Waals surface area contributed by atoms with Crippen LogP contribution in [0.25, 0.3) is 0 Å². The smallest absolute Gasteiger partial charge is 0.0400 e. The standard InChI is InChI=1S/C10H17N/c1-5-7-11-10(6-2)8-9(3)4/h5-7,9H,2,8H2,1,3-4H3/b7-5-,11-10+. The molecule has 62 valence electrons. The molecular weight excluding hydrogens is 134 g/mol. The summed E-state index contributed by atoms with van der Waals surface area (Å²) in [6, 6.07) is 0. The van der Waals surface area contributed by atoms with E-state index in [1.54, 1.807) is 6.20 Å². The quantitative estimate of drug-likeness (QED) is 0.547. The molecule has 0 unspecified atom stereocenters. The fraction of sp³-hybridized carbons (Fsp3) is 0.500. The van der Waals surface area contributed by atoms with E-state index in [9.17, 15) is 0 Å². The number of rotatable bonds is 4. The minimum atomic E-state index is 0.650. The summed E-state index contributed by atoms with van der Waals surface area (Å²) in [5, 5.41) is 0. The molecule has 0 aliphatic rings. The first kappa shape index (κ1) is 10.2. The second kappa shape index (κ2) is 5.90. The molecule has 0 saturated heterocycles. The van der Waals surface area contributed by atoms with Crippen LogP contribution in [-0.4, -0.2) is 5.71 Å². The summed E-state index contributed by atoms with van der Waals surface area (Å²) in [7, 11) is 0. The Morgan fingerprint density at radius 3 is 2.55 bits per heavy atom. The predicted octanol–water partition coefficient (Wildman–Crippen LogP) is 3.19. The van der Waals surface area contributed by atoms with Crippen LogP contribution in [0.3, 0.4) is 0 Å². The second-order valence-corrected chi connectivity index (χ2v) is 2.90. The SMILES string of the molecule is C=C/C(CC(C)C)=N\C=C/C. The van der Waals surface area contributed by atoms with Crippen LogP contribution < -0.4 is 0 Å². The fourth-order valence-electron chi connectivity index (χ4n) is 0.777. The van der Waals surface area contributed by atoms with Crippen LogP contribution in [0.1, 0.15) is 27.2 Å². The maximum atomic E-state index is 4.22. The Bertz CT molecular complexity index is 164. The molecule has 0 spiro atoms. The molecule has 11 heavy (non-hydrogen) atoms. The van der Waals surface area contributed by atoms with Crippen LogP contribution in [-0.2, 0) is 0 Å². The van der Waals surface area contributed by atoms with Gasteiger partial charge in [0.1, 0.15) is 0 Å². The highest BCUT2D eigenvalue weighted by Gasteiger charge is 1.96. The maximum absolute atomic E-state index is 4.22. The van der Waals surface area contributed by atoms with E-state index in [0.29, 0.717) is 5.92 Å². The Morgan fingerprint density at radius 1 is 1.55 bits per heavy atom. The van der Waals surface area contributed by atoms with Crippen LogP contribution >= 0.6 is 0 Å². The van der Waals surface area contributed by atoms with Gasteiger partial charge in [-0.05, 0) is 25.3 Å². The van der Waals surface area contributed by atoms with E-state index in [1.807, 2.05) is 19.1 Å². The first-order valence-electron chi connectivity index (χ1n) is 4.01. The van der Waals surface area contributed by atoms with Gasteiger partial charge in [0.2, 0.25) is 0 Å². The van der Waals surface area contributed by atoms with E-state index in [-0.39, 0.29) is 0 Å². The number of hydrogen-bond acceptors (Lipinski definition) is 1. The summed E-state index contributed by atoms with van der Waals surface area (Å²) in [4.78, 5) is 4.22. The molecule has 0 saturated carbocycles. The molecule has 0 aromatic rings. The van der Waals surface area contributed by atoms with E-state index < -0.39 is 0 Å². The van der Waals surface area contributed by atoms with Gasteiger partial charge in [0.25, 0.3) is 0 Å². The van der Waals surface area contributed by atoms with Gasteiger partial charge >= 0.3 is 0 Å². The lowest BCUT2D eigenvalue weighted by Gasteiger charge is -2.02. The first-order chi connectivity index (χ1) is 5.20. The zero-order valence-corrected chi connectivity index (χ0v) is 7.67. The fourth-order valence-corrected chi connectivity index (χ4v) is 0.777. The van der Waals surface area contributed by atoms with Crippen molar-refractivity contribution in [2.45, 2.75) is 27.2 Å². The Hall–Kier alpha value is -0.850.